The third kappa shape index (κ3) is 2.12. The lowest BCUT2D eigenvalue weighted by Gasteiger charge is -2.38. The Morgan fingerprint density at radius 1 is 0.875 bits per heavy atom. The maximum absolute atomic E-state index is 6.19. The zero-order valence-electron chi connectivity index (χ0n) is 12.4. The molecule has 1 rings (SSSR count). The van der Waals surface area contributed by atoms with Gasteiger partial charge in [0.2, 0.25) is 0 Å². The lowest BCUT2D eigenvalue weighted by molar-refractivity contribution is 0.00578. The van der Waals surface area contributed by atoms with E-state index in [9.17, 15) is 0 Å². The first-order valence-corrected chi connectivity index (χ1v) is 9.25. The summed E-state index contributed by atoms with van der Waals surface area (Å²) >= 11 is 0. The fourth-order valence-corrected chi connectivity index (χ4v) is 3.38. The lowest BCUT2D eigenvalue weighted by atomic mass is 9.90. The van der Waals surface area contributed by atoms with Gasteiger partial charge < -0.3 is 9.31 Å². The smallest absolute Gasteiger partial charge is 0.406 e. The molecule has 0 bridgehead atoms. The second-order valence-corrected chi connectivity index (χ2v) is 13.0. The summed E-state index contributed by atoms with van der Waals surface area (Å²) in [6.07, 6.45) is 0. The van der Waals surface area contributed by atoms with Gasteiger partial charge in [0.15, 0.2) is 0 Å². The van der Waals surface area contributed by atoms with E-state index in [1.165, 1.54) is 0 Å². The Kier molecular flexibility index (Phi) is 3.21. The predicted octanol–water partition coefficient (Wildman–Crippen LogP) is 3.67. The molecular formula is C12H27BO2Si. The SMILES string of the molecule is CC1(C)OB([Si](C)(C)C(C)(C)C)OC1(C)C. The van der Waals surface area contributed by atoms with E-state index in [-0.39, 0.29) is 23.0 Å². The summed E-state index contributed by atoms with van der Waals surface area (Å²) in [5.41, 5.74) is -0.402. The van der Waals surface area contributed by atoms with Gasteiger partial charge >= 0.3 is 6.71 Å². The van der Waals surface area contributed by atoms with E-state index >= 15 is 0 Å². The zero-order chi connectivity index (χ0) is 13.0. The monoisotopic (exact) mass is 242 g/mol. The first-order chi connectivity index (χ1) is 6.81. The molecule has 0 aromatic carbocycles. The van der Waals surface area contributed by atoms with E-state index in [1.54, 1.807) is 0 Å². The van der Waals surface area contributed by atoms with Crippen LogP contribution in [0.25, 0.3) is 0 Å². The number of hydrogen-bond acceptors (Lipinski definition) is 2. The molecule has 0 aromatic rings. The highest BCUT2D eigenvalue weighted by Crippen LogP contribution is 2.45. The minimum absolute atomic E-state index is 0.00231. The van der Waals surface area contributed by atoms with Gasteiger partial charge in [0, 0.05) is 0 Å². The third-order valence-electron chi connectivity index (χ3n) is 4.78. The van der Waals surface area contributed by atoms with Gasteiger partial charge in [0.1, 0.15) is 7.94 Å². The van der Waals surface area contributed by atoms with E-state index in [1.807, 2.05) is 0 Å². The van der Waals surface area contributed by atoms with Gasteiger partial charge in [-0.1, -0.05) is 33.9 Å². The van der Waals surface area contributed by atoms with Gasteiger partial charge in [-0.25, -0.2) is 0 Å². The quantitative estimate of drug-likeness (QED) is 0.653. The average molecular weight is 242 g/mol. The molecule has 1 heterocycles. The Hall–Kier alpha value is 0.202. The van der Waals surface area contributed by atoms with Crippen LogP contribution < -0.4 is 0 Å². The molecule has 1 aliphatic rings. The Morgan fingerprint density at radius 3 is 1.44 bits per heavy atom. The van der Waals surface area contributed by atoms with Crippen molar-refractivity contribution in [1.82, 2.24) is 0 Å². The van der Waals surface area contributed by atoms with Gasteiger partial charge in [-0.15, -0.1) is 0 Å². The standard InChI is InChI=1S/C12H27BO2Si/c1-10(2,3)16(8,9)13-14-11(4,5)12(6,7)15-13/h1-9H3. The molecule has 0 spiro atoms. The molecule has 0 unspecified atom stereocenters. The highest BCUT2D eigenvalue weighted by molar-refractivity contribution is 7.29. The molecular weight excluding hydrogens is 215 g/mol. The molecule has 0 N–H and O–H groups in total. The number of hydrogen-bond donors (Lipinski definition) is 0. The first kappa shape index (κ1) is 14.3. The van der Waals surface area contributed by atoms with E-state index < -0.39 is 7.94 Å². The van der Waals surface area contributed by atoms with Crippen LogP contribution in [0.15, 0.2) is 0 Å². The summed E-state index contributed by atoms with van der Waals surface area (Å²) in [5.74, 6) is 0. The summed E-state index contributed by atoms with van der Waals surface area (Å²) in [7, 11) is -1.59. The minimum atomic E-state index is -1.59. The van der Waals surface area contributed by atoms with Crippen molar-refractivity contribution in [2.24, 2.45) is 0 Å². The molecule has 0 atom stereocenters. The summed E-state index contributed by atoms with van der Waals surface area (Å²) in [4.78, 5) is 0. The van der Waals surface area contributed by atoms with Gasteiger partial charge in [-0.2, -0.15) is 0 Å². The molecule has 16 heavy (non-hydrogen) atoms. The van der Waals surface area contributed by atoms with Crippen molar-refractivity contribution in [3.8, 4) is 0 Å². The van der Waals surface area contributed by atoms with Crippen LogP contribution >= 0.6 is 0 Å². The fourth-order valence-electron chi connectivity index (χ4n) is 1.49. The largest absolute Gasteiger partial charge is 0.433 e. The molecule has 0 saturated carbocycles. The van der Waals surface area contributed by atoms with Crippen LogP contribution in [-0.2, 0) is 9.31 Å². The summed E-state index contributed by atoms with van der Waals surface area (Å²) < 4.78 is 12.4. The second kappa shape index (κ2) is 3.60. The summed E-state index contributed by atoms with van der Waals surface area (Å²) in [5, 5.41) is 0.286. The van der Waals surface area contributed by atoms with Crippen LogP contribution in [0.4, 0.5) is 0 Å². The van der Waals surface area contributed by atoms with Crippen molar-refractivity contribution in [2.75, 3.05) is 0 Å². The zero-order valence-corrected chi connectivity index (χ0v) is 13.4. The van der Waals surface area contributed by atoms with Gasteiger partial charge in [-0.05, 0) is 32.7 Å². The molecule has 0 radical (unpaired) electrons. The molecule has 0 aromatic heterocycles. The Bertz CT molecular complexity index is 263. The second-order valence-electron chi connectivity index (χ2n) is 7.56. The molecule has 2 nitrogen and oxygen atoms in total. The molecule has 1 aliphatic heterocycles. The van der Waals surface area contributed by atoms with Crippen molar-refractivity contribution >= 4 is 14.7 Å². The van der Waals surface area contributed by atoms with Crippen LogP contribution in [0, 0.1) is 0 Å². The molecule has 1 fully saturated rings. The molecule has 0 aliphatic carbocycles. The van der Waals surface area contributed by atoms with Crippen molar-refractivity contribution in [1.29, 1.82) is 0 Å². The van der Waals surface area contributed by atoms with Crippen molar-refractivity contribution in [3.05, 3.63) is 0 Å². The molecule has 1 saturated heterocycles. The van der Waals surface area contributed by atoms with Gasteiger partial charge in [-0.3, -0.25) is 0 Å². The van der Waals surface area contributed by atoms with E-state index in [0.29, 0.717) is 0 Å². The van der Waals surface area contributed by atoms with Crippen LogP contribution in [0.3, 0.4) is 0 Å². The summed E-state index contributed by atoms with van der Waals surface area (Å²) in [6, 6.07) is 0. The summed E-state index contributed by atoms with van der Waals surface area (Å²) in [6.45, 7) is 20.1. The highest BCUT2D eigenvalue weighted by atomic mass is 28.3. The minimum Gasteiger partial charge on any atom is -0.406 e. The van der Waals surface area contributed by atoms with E-state index in [4.69, 9.17) is 9.31 Å². The fraction of sp³-hybridized carbons (Fsp3) is 1.00. The Morgan fingerprint density at radius 2 is 1.19 bits per heavy atom. The van der Waals surface area contributed by atoms with Crippen LogP contribution in [0.5, 0.6) is 0 Å². The third-order valence-corrected chi connectivity index (χ3v) is 10.1. The van der Waals surface area contributed by atoms with Crippen molar-refractivity contribution in [3.63, 3.8) is 0 Å². The van der Waals surface area contributed by atoms with Crippen molar-refractivity contribution in [2.45, 2.75) is 77.8 Å². The highest BCUT2D eigenvalue weighted by Gasteiger charge is 2.59. The van der Waals surface area contributed by atoms with Crippen molar-refractivity contribution < 1.29 is 9.31 Å². The van der Waals surface area contributed by atoms with Gasteiger partial charge in [0.25, 0.3) is 0 Å². The van der Waals surface area contributed by atoms with Gasteiger partial charge in [0.05, 0.1) is 11.2 Å². The molecule has 0 amide bonds. The Labute approximate surface area is 102 Å². The van der Waals surface area contributed by atoms with E-state index in [0.717, 1.165) is 0 Å². The maximum atomic E-state index is 6.19. The average Bonchev–Trinajstić information content (AvgIpc) is 2.19. The van der Waals surface area contributed by atoms with E-state index in [2.05, 4.69) is 61.6 Å². The lowest BCUT2D eigenvalue weighted by Crippen LogP contribution is -2.54. The normalized spacial score (nSPS) is 24.9. The Balaban J connectivity index is 2.97. The van der Waals surface area contributed by atoms with Crippen LogP contribution in [0.1, 0.15) is 48.5 Å². The molecule has 94 valence electrons. The predicted molar refractivity (Wildman–Crippen MR) is 73.3 cm³/mol. The number of rotatable bonds is 1. The van der Waals surface area contributed by atoms with Crippen LogP contribution in [-0.4, -0.2) is 25.9 Å². The molecule has 4 heteroatoms. The maximum Gasteiger partial charge on any atom is 0.433 e. The topological polar surface area (TPSA) is 18.5 Å². The van der Waals surface area contributed by atoms with Crippen LogP contribution in [0.2, 0.25) is 18.1 Å². The first-order valence-electron chi connectivity index (χ1n) is 6.17.